The highest BCUT2D eigenvalue weighted by Crippen LogP contribution is 2.08. The van der Waals surface area contributed by atoms with Crippen molar-refractivity contribution >= 4 is 15.7 Å². The van der Waals surface area contributed by atoms with Crippen LogP contribution in [0.4, 0.5) is 0 Å². The van der Waals surface area contributed by atoms with Gasteiger partial charge >= 0.3 is 0 Å². The molecule has 1 heterocycles. The van der Waals surface area contributed by atoms with Gasteiger partial charge in [0.2, 0.25) is 5.91 Å². The van der Waals surface area contributed by atoms with Crippen molar-refractivity contribution in [3.63, 3.8) is 0 Å². The molecule has 0 aliphatic carbocycles. The van der Waals surface area contributed by atoms with E-state index in [1.807, 2.05) is 0 Å². The fourth-order valence-corrected chi connectivity index (χ4v) is 1.75. The van der Waals surface area contributed by atoms with Crippen LogP contribution in [-0.4, -0.2) is 37.8 Å². The van der Waals surface area contributed by atoms with Crippen LogP contribution in [0.1, 0.15) is 12.7 Å². The van der Waals surface area contributed by atoms with Gasteiger partial charge in [-0.05, 0) is 19.1 Å². The Hall–Kier alpha value is -1.30. The van der Waals surface area contributed by atoms with Gasteiger partial charge in [-0.25, -0.2) is 8.42 Å². The van der Waals surface area contributed by atoms with Gasteiger partial charge in [-0.2, -0.15) is 0 Å². The highest BCUT2D eigenvalue weighted by atomic mass is 32.2. The van der Waals surface area contributed by atoms with E-state index in [4.69, 9.17) is 4.42 Å². The SMILES string of the molecule is C[C@@H](C(=O)N(C)Cc1ccco1)S(C)(=O)=O. The number of amides is 1. The fourth-order valence-electron chi connectivity index (χ4n) is 1.21. The second-order valence-corrected chi connectivity index (χ2v) is 6.11. The van der Waals surface area contributed by atoms with Crippen LogP contribution in [0, 0.1) is 0 Å². The van der Waals surface area contributed by atoms with Crippen molar-refractivity contribution in [2.45, 2.75) is 18.7 Å². The maximum absolute atomic E-state index is 11.7. The predicted molar refractivity (Wildman–Crippen MR) is 59.5 cm³/mol. The first-order valence-corrected chi connectivity index (χ1v) is 6.74. The minimum atomic E-state index is -3.35. The number of sulfone groups is 1. The van der Waals surface area contributed by atoms with Gasteiger partial charge in [0.15, 0.2) is 9.84 Å². The van der Waals surface area contributed by atoms with E-state index in [1.165, 1.54) is 18.1 Å². The highest BCUT2D eigenvalue weighted by molar-refractivity contribution is 7.92. The molecule has 0 radical (unpaired) electrons. The number of carbonyl (C=O) groups excluding carboxylic acids is 1. The van der Waals surface area contributed by atoms with Crippen LogP contribution < -0.4 is 0 Å². The van der Waals surface area contributed by atoms with Crippen molar-refractivity contribution < 1.29 is 17.6 Å². The lowest BCUT2D eigenvalue weighted by atomic mass is 10.3. The molecule has 90 valence electrons. The summed E-state index contributed by atoms with van der Waals surface area (Å²) in [6.45, 7) is 1.65. The lowest BCUT2D eigenvalue weighted by Gasteiger charge is -2.19. The molecule has 0 saturated carbocycles. The quantitative estimate of drug-likeness (QED) is 0.782. The third-order valence-corrected chi connectivity index (χ3v) is 3.83. The Morgan fingerprint density at radius 3 is 2.62 bits per heavy atom. The van der Waals surface area contributed by atoms with Crippen LogP contribution in [0.5, 0.6) is 0 Å². The van der Waals surface area contributed by atoms with E-state index in [0.717, 1.165) is 6.26 Å². The Labute approximate surface area is 95.0 Å². The van der Waals surface area contributed by atoms with Crippen LogP contribution >= 0.6 is 0 Å². The van der Waals surface area contributed by atoms with E-state index in [1.54, 1.807) is 19.2 Å². The highest BCUT2D eigenvalue weighted by Gasteiger charge is 2.26. The first-order chi connectivity index (χ1) is 7.32. The monoisotopic (exact) mass is 245 g/mol. The largest absolute Gasteiger partial charge is 0.467 e. The second-order valence-electron chi connectivity index (χ2n) is 3.75. The van der Waals surface area contributed by atoms with Crippen LogP contribution in [0.25, 0.3) is 0 Å². The number of nitrogens with zero attached hydrogens (tertiary/aromatic N) is 1. The first-order valence-electron chi connectivity index (χ1n) is 4.78. The molecule has 1 aromatic rings. The van der Waals surface area contributed by atoms with E-state index < -0.39 is 21.0 Å². The van der Waals surface area contributed by atoms with Crippen molar-refractivity contribution in [1.82, 2.24) is 4.90 Å². The molecule has 0 N–H and O–H groups in total. The summed E-state index contributed by atoms with van der Waals surface area (Å²) in [7, 11) is -1.80. The molecule has 1 aromatic heterocycles. The molecule has 0 fully saturated rings. The molecule has 1 rings (SSSR count). The number of furan rings is 1. The number of hydrogen-bond acceptors (Lipinski definition) is 4. The summed E-state index contributed by atoms with van der Waals surface area (Å²) in [5.74, 6) is 0.190. The number of hydrogen-bond donors (Lipinski definition) is 0. The molecule has 1 amide bonds. The molecule has 0 aliphatic heterocycles. The van der Waals surface area contributed by atoms with Gasteiger partial charge in [-0.15, -0.1) is 0 Å². The second kappa shape index (κ2) is 4.69. The van der Waals surface area contributed by atoms with E-state index in [0.29, 0.717) is 5.76 Å². The molecule has 5 nitrogen and oxygen atoms in total. The Morgan fingerprint density at radius 1 is 1.56 bits per heavy atom. The van der Waals surface area contributed by atoms with Crippen molar-refractivity contribution in [2.24, 2.45) is 0 Å². The summed E-state index contributed by atoms with van der Waals surface area (Å²) in [4.78, 5) is 13.1. The van der Waals surface area contributed by atoms with E-state index in [2.05, 4.69) is 0 Å². The average Bonchev–Trinajstić information content (AvgIpc) is 2.66. The summed E-state index contributed by atoms with van der Waals surface area (Å²) in [6.07, 6.45) is 2.56. The average molecular weight is 245 g/mol. The molecule has 0 aromatic carbocycles. The summed E-state index contributed by atoms with van der Waals surface area (Å²) in [5.41, 5.74) is 0. The van der Waals surface area contributed by atoms with Gasteiger partial charge in [0.1, 0.15) is 11.0 Å². The van der Waals surface area contributed by atoms with Crippen molar-refractivity contribution in [2.75, 3.05) is 13.3 Å². The molecule has 1 atom stereocenters. The molecular weight excluding hydrogens is 230 g/mol. The molecule has 0 unspecified atom stereocenters. The third-order valence-electron chi connectivity index (χ3n) is 2.34. The molecular formula is C10H15NO4S. The number of rotatable bonds is 4. The van der Waals surface area contributed by atoms with E-state index >= 15 is 0 Å². The summed E-state index contributed by atoms with van der Waals surface area (Å²) < 4.78 is 27.5. The lowest BCUT2D eigenvalue weighted by Crippen LogP contribution is -2.38. The first kappa shape index (κ1) is 12.8. The minimum absolute atomic E-state index is 0.270. The zero-order valence-electron chi connectivity index (χ0n) is 9.50. The zero-order chi connectivity index (χ0) is 12.3. The summed E-state index contributed by atoms with van der Waals surface area (Å²) in [5, 5.41) is -1.02. The topological polar surface area (TPSA) is 67.6 Å². The summed E-state index contributed by atoms with van der Waals surface area (Å²) >= 11 is 0. The minimum Gasteiger partial charge on any atom is -0.467 e. The van der Waals surface area contributed by atoms with Gasteiger partial charge in [-0.1, -0.05) is 0 Å². The Morgan fingerprint density at radius 2 is 2.19 bits per heavy atom. The maximum Gasteiger partial charge on any atom is 0.240 e. The molecule has 6 heteroatoms. The normalized spacial score (nSPS) is 13.4. The van der Waals surface area contributed by atoms with Crippen LogP contribution in [-0.2, 0) is 21.2 Å². The zero-order valence-corrected chi connectivity index (χ0v) is 10.3. The standard InChI is InChI=1S/C10H15NO4S/c1-8(16(3,13)14)10(12)11(2)7-9-5-4-6-15-9/h4-6,8H,7H2,1-3H3/t8-/m0/s1. The third kappa shape index (κ3) is 3.10. The van der Waals surface area contributed by atoms with Gasteiger partial charge in [0, 0.05) is 13.3 Å². The molecule has 16 heavy (non-hydrogen) atoms. The van der Waals surface area contributed by atoms with E-state index in [9.17, 15) is 13.2 Å². The van der Waals surface area contributed by atoms with Crippen molar-refractivity contribution in [3.05, 3.63) is 24.2 Å². The fraction of sp³-hybridized carbons (Fsp3) is 0.500. The lowest BCUT2D eigenvalue weighted by molar-refractivity contribution is -0.129. The Bertz CT molecular complexity index is 449. The van der Waals surface area contributed by atoms with Gasteiger partial charge in [0.05, 0.1) is 12.8 Å². The number of carbonyl (C=O) groups is 1. The Kier molecular flexibility index (Phi) is 3.74. The maximum atomic E-state index is 11.7. The molecule has 0 saturated heterocycles. The molecule has 0 spiro atoms. The van der Waals surface area contributed by atoms with Crippen molar-refractivity contribution in [3.8, 4) is 0 Å². The van der Waals surface area contributed by atoms with Crippen LogP contribution in [0.2, 0.25) is 0 Å². The van der Waals surface area contributed by atoms with E-state index in [-0.39, 0.29) is 6.54 Å². The van der Waals surface area contributed by atoms with Gasteiger partial charge in [0.25, 0.3) is 0 Å². The Balaban J connectivity index is 2.68. The van der Waals surface area contributed by atoms with Crippen LogP contribution in [0.15, 0.2) is 22.8 Å². The molecule has 0 aliphatic rings. The smallest absolute Gasteiger partial charge is 0.240 e. The van der Waals surface area contributed by atoms with Crippen molar-refractivity contribution in [1.29, 1.82) is 0 Å². The molecule has 0 bridgehead atoms. The summed E-state index contributed by atoms with van der Waals surface area (Å²) in [6, 6.07) is 3.45. The van der Waals surface area contributed by atoms with Gasteiger partial charge in [-0.3, -0.25) is 4.79 Å². The predicted octanol–water partition coefficient (Wildman–Crippen LogP) is 0.671. The van der Waals surface area contributed by atoms with Gasteiger partial charge < -0.3 is 9.32 Å². The van der Waals surface area contributed by atoms with Crippen LogP contribution in [0.3, 0.4) is 0 Å².